The Labute approximate surface area is 134 Å². The Morgan fingerprint density at radius 2 is 1.85 bits per heavy atom. The van der Waals surface area contributed by atoms with Crippen molar-refractivity contribution in [2.75, 3.05) is 0 Å². The van der Waals surface area contributed by atoms with Crippen LogP contribution in [-0.4, -0.2) is 0 Å². The third kappa shape index (κ3) is 3.94. The highest BCUT2D eigenvalue weighted by Gasteiger charge is 2.16. The third-order valence-corrected chi connectivity index (χ3v) is 5.59. The van der Waals surface area contributed by atoms with Crippen molar-refractivity contribution in [3.05, 3.63) is 56.2 Å². The molecule has 0 amide bonds. The van der Waals surface area contributed by atoms with Gasteiger partial charge in [-0.25, -0.2) is 0 Å². The zero-order chi connectivity index (χ0) is 14.8. The van der Waals surface area contributed by atoms with E-state index in [2.05, 4.69) is 85.3 Å². The van der Waals surface area contributed by atoms with Crippen LogP contribution in [0.2, 0.25) is 0 Å². The maximum Gasteiger partial charge on any atom is 0.0306 e. The number of thiophene rings is 1. The van der Waals surface area contributed by atoms with Crippen molar-refractivity contribution in [1.82, 2.24) is 5.32 Å². The summed E-state index contributed by atoms with van der Waals surface area (Å²) in [7, 11) is 0. The molecule has 1 aromatic carbocycles. The molecule has 2 aromatic rings. The van der Waals surface area contributed by atoms with Gasteiger partial charge in [-0.1, -0.05) is 54.9 Å². The fourth-order valence-electron chi connectivity index (χ4n) is 2.07. The Morgan fingerprint density at radius 1 is 1.15 bits per heavy atom. The first kappa shape index (κ1) is 15.7. The van der Waals surface area contributed by atoms with E-state index in [4.69, 9.17) is 0 Å². The van der Waals surface area contributed by atoms with Crippen molar-refractivity contribution in [3.8, 4) is 0 Å². The lowest BCUT2D eigenvalue weighted by Gasteiger charge is -2.16. The first-order valence-corrected chi connectivity index (χ1v) is 8.56. The maximum absolute atomic E-state index is 3.62. The number of hydrogen-bond acceptors (Lipinski definition) is 2. The number of hydrogen-bond donors (Lipinski definition) is 1. The van der Waals surface area contributed by atoms with Crippen LogP contribution in [0.25, 0.3) is 0 Å². The minimum atomic E-state index is 0.247. The Balaban J connectivity index is 1.99. The number of halogens is 1. The quantitative estimate of drug-likeness (QED) is 0.749. The van der Waals surface area contributed by atoms with E-state index in [1.54, 1.807) is 0 Å². The van der Waals surface area contributed by atoms with E-state index >= 15 is 0 Å². The lowest BCUT2D eigenvalue weighted by Crippen LogP contribution is -2.17. The van der Waals surface area contributed by atoms with Gasteiger partial charge in [0.15, 0.2) is 0 Å². The van der Waals surface area contributed by atoms with Gasteiger partial charge in [-0.3, -0.25) is 0 Å². The molecule has 0 saturated heterocycles. The zero-order valence-corrected chi connectivity index (χ0v) is 14.9. The minimum absolute atomic E-state index is 0.247. The van der Waals surface area contributed by atoms with Gasteiger partial charge in [-0.05, 0) is 36.1 Å². The molecule has 0 aliphatic carbocycles. The number of rotatable bonds is 4. The molecule has 20 heavy (non-hydrogen) atoms. The Kier molecular flexibility index (Phi) is 5.05. The van der Waals surface area contributed by atoms with Gasteiger partial charge in [0, 0.05) is 26.8 Å². The van der Waals surface area contributed by atoms with Crippen molar-refractivity contribution < 1.29 is 0 Å². The molecular formula is C17H22BrNS. The van der Waals surface area contributed by atoms with E-state index in [1.807, 2.05) is 11.3 Å². The van der Waals surface area contributed by atoms with Crippen molar-refractivity contribution >= 4 is 27.3 Å². The molecule has 0 radical (unpaired) electrons. The lowest BCUT2D eigenvalue weighted by molar-refractivity contribution is 0.577. The van der Waals surface area contributed by atoms with Gasteiger partial charge in [-0.15, -0.1) is 11.3 Å². The van der Waals surface area contributed by atoms with E-state index in [0.717, 1.165) is 6.54 Å². The Hall–Kier alpha value is -0.640. The lowest BCUT2D eigenvalue weighted by atomic mass is 9.95. The summed E-state index contributed by atoms with van der Waals surface area (Å²) in [4.78, 5) is 2.84. The van der Waals surface area contributed by atoms with Crippen LogP contribution in [0.15, 0.2) is 40.9 Å². The Bertz CT molecular complexity index is 568. The van der Waals surface area contributed by atoms with Crippen LogP contribution in [0.5, 0.6) is 0 Å². The van der Waals surface area contributed by atoms with Crippen molar-refractivity contribution in [2.24, 2.45) is 0 Å². The first-order valence-electron chi connectivity index (χ1n) is 6.95. The van der Waals surface area contributed by atoms with Crippen LogP contribution in [0.1, 0.15) is 49.1 Å². The normalized spacial score (nSPS) is 13.4. The van der Waals surface area contributed by atoms with Crippen molar-refractivity contribution in [1.29, 1.82) is 0 Å². The monoisotopic (exact) mass is 351 g/mol. The van der Waals surface area contributed by atoms with Crippen molar-refractivity contribution in [3.63, 3.8) is 0 Å². The molecule has 1 N–H and O–H groups in total. The molecule has 1 nitrogen and oxygen atoms in total. The molecular weight excluding hydrogens is 330 g/mol. The standard InChI is InChI=1S/C17H22BrNS/c1-12(14-7-5-6-8-15(14)18)19-11-13-9-10-16(20-13)17(2,3)4/h5-10,12,19H,11H2,1-4H3/t12-/m0/s1. The first-order chi connectivity index (χ1) is 9.38. The second-order valence-corrected chi connectivity index (χ2v) is 8.16. The van der Waals surface area contributed by atoms with Gasteiger partial charge in [-0.2, -0.15) is 0 Å². The average Bonchev–Trinajstić information content (AvgIpc) is 2.85. The topological polar surface area (TPSA) is 12.0 Å². The van der Waals surface area contributed by atoms with Gasteiger partial charge in [0.1, 0.15) is 0 Å². The molecule has 1 heterocycles. The Morgan fingerprint density at radius 3 is 2.45 bits per heavy atom. The third-order valence-electron chi connectivity index (χ3n) is 3.36. The SMILES string of the molecule is C[C@H](NCc1ccc(C(C)(C)C)s1)c1ccccc1Br. The average molecular weight is 352 g/mol. The zero-order valence-electron chi connectivity index (χ0n) is 12.5. The smallest absolute Gasteiger partial charge is 0.0306 e. The van der Waals surface area contributed by atoms with Gasteiger partial charge in [0.05, 0.1) is 0 Å². The highest BCUT2D eigenvalue weighted by atomic mass is 79.9. The molecule has 0 aliphatic rings. The molecule has 0 fully saturated rings. The highest BCUT2D eigenvalue weighted by Crippen LogP contribution is 2.30. The number of benzene rings is 1. The summed E-state index contributed by atoms with van der Waals surface area (Å²) in [6.45, 7) is 9.92. The van der Waals surface area contributed by atoms with Crippen LogP contribution in [0.3, 0.4) is 0 Å². The molecule has 1 aromatic heterocycles. The van der Waals surface area contributed by atoms with E-state index in [0.29, 0.717) is 6.04 Å². The summed E-state index contributed by atoms with van der Waals surface area (Å²) in [6, 6.07) is 13.2. The largest absolute Gasteiger partial charge is 0.305 e. The van der Waals surface area contributed by atoms with E-state index < -0.39 is 0 Å². The summed E-state index contributed by atoms with van der Waals surface area (Å²) in [5, 5.41) is 3.60. The second-order valence-electron chi connectivity index (χ2n) is 6.14. The molecule has 0 spiro atoms. The molecule has 2 rings (SSSR count). The molecule has 0 bridgehead atoms. The van der Waals surface area contributed by atoms with Crippen LogP contribution >= 0.6 is 27.3 Å². The molecule has 0 aliphatic heterocycles. The minimum Gasteiger partial charge on any atom is -0.305 e. The summed E-state index contributed by atoms with van der Waals surface area (Å²) in [5.41, 5.74) is 1.55. The fraction of sp³-hybridized carbons (Fsp3) is 0.412. The predicted molar refractivity (Wildman–Crippen MR) is 92.4 cm³/mol. The van der Waals surface area contributed by atoms with E-state index in [-0.39, 0.29) is 5.41 Å². The maximum atomic E-state index is 3.62. The molecule has 0 saturated carbocycles. The van der Waals surface area contributed by atoms with E-state index in [1.165, 1.54) is 19.8 Å². The number of nitrogens with one attached hydrogen (secondary N) is 1. The van der Waals surface area contributed by atoms with Crippen LogP contribution in [0, 0.1) is 0 Å². The molecule has 3 heteroatoms. The summed E-state index contributed by atoms with van der Waals surface area (Å²) >= 11 is 5.52. The fourth-order valence-corrected chi connectivity index (χ4v) is 3.71. The van der Waals surface area contributed by atoms with Gasteiger partial charge in [0.25, 0.3) is 0 Å². The summed E-state index contributed by atoms with van der Waals surface area (Å²) < 4.78 is 1.17. The van der Waals surface area contributed by atoms with Gasteiger partial charge >= 0.3 is 0 Å². The van der Waals surface area contributed by atoms with Gasteiger partial charge in [0.2, 0.25) is 0 Å². The summed E-state index contributed by atoms with van der Waals surface area (Å²) in [6.07, 6.45) is 0. The van der Waals surface area contributed by atoms with Crippen LogP contribution in [0.4, 0.5) is 0 Å². The predicted octanol–water partition coefficient (Wildman–Crippen LogP) is 5.66. The van der Waals surface area contributed by atoms with E-state index in [9.17, 15) is 0 Å². The molecule has 1 atom stereocenters. The van der Waals surface area contributed by atoms with Crippen LogP contribution in [-0.2, 0) is 12.0 Å². The second kappa shape index (κ2) is 6.42. The molecule has 108 valence electrons. The van der Waals surface area contributed by atoms with Crippen molar-refractivity contribution in [2.45, 2.75) is 45.7 Å². The highest BCUT2D eigenvalue weighted by molar-refractivity contribution is 9.10. The van der Waals surface area contributed by atoms with Crippen LogP contribution < -0.4 is 5.32 Å². The molecule has 0 unspecified atom stereocenters. The summed E-state index contributed by atoms with van der Waals surface area (Å²) in [5.74, 6) is 0. The van der Waals surface area contributed by atoms with Gasteiger partial charge < -0.3 is 5.32 Å².